The quantitative estimate of drug-likeness (QED) is 0.365. The molecule has 3 heterocycles. The van der Waals surface area contributed by atoms with Gasteiger partial charge in [0.15, 0.2) is 0 Å². The zero-order valence-corrected chi connectivity index (χ0v) is 15.6. The van der Waals surface area contributed by atoms with E-state index in [0.717, 1.165) is 22.9 Å². The van der Waals surface area contributed by atoms with Crippen LogP contribution in [0.2, 0.25) is 0 Å². The number of morpholine rings is 1. The Balaban J connectivity index is 0.00000169. The molecule has 1 N–H and O–H groups in total. The number of nitrogens with zero attached hydrogens (tertiary/aromatic N) is 1. The van der Waals surface area contributed by atoms with Crippen LogP contribution in [0.15, 0.2) is 30.3 Å². The third-order valence-electron chi connectivity index (χ3n) is 5.99. The molecule has 1 unspecified atom stereocenters. The zero-order chi connectivity index (χ0) is 16.2. The highest BCUT2D eigenvalue weighted by Crippen LogP contribution is 2.51. The van der Waals surface area contributed by atoms with E-state index in [2.05, 4.69) is 14.1 Å². The summed E-state index contributed by atoms with van der Waals surface area (Å²) < 4.78 is 12.5. The van der Waals surface area contributed by atoms with E-state index in [1.165, 1.54) is 0 Å². The number of epoxide rings is 1. The van der Waals surface area contributed by atoms with Crippen LogP contribution in [0.4, 0.5) is 0 Å². The molecule has 0 spiro atoms. The number of quaternary nitrogens is 1. The summed E-state index contributed by atoms with van der Waals surface area (Å²) in [5, 5.41) is 9.60. The molecule has 0 aliphatic carbocycles. The maximum Gasteiger partial charge on any atom is 0.316 e. The molecular weight excluding hydrogens is 374 g/mol. The Hall–Kier alpha value is -0.950. The van der Waals surface area contributed by atoms with E-state index in [1.54, 1.807) is 0 Å². The number of carbonyl (C=O) groups excluding carboxylic acids is 1. The maximum atomic E-state index is 12.5. The Bertz CT molecular complexity index is 588. The standard InChI is InChI=1S/C18H24NO4.BrH/c1-19(2)14-8-12(9-15(19)17-16(14)23-17)22-18(21)13(10-20)11-6-4-3-5-7-11;/h3-7,12-17,20H,8-10H2,1-2H3;1H/q+1;/p-1/t12?,13-,14-,15+,16-,17+;/m1./s1. The third kappa shape index (κ3) is 2.79. The summed E-state index contributed by atoms with van der Waals surface area (Å²) in [5.74, 6) is -0.908. The van der Waals surface area contributed by atoms with Gasteiger partial charge in [-0.3, -0.25) is 4.79 Å². The molecule has 3 saturated heterocycles. The molecule has 5 nitrogen and oxygen atoms in total. The predicted molar refractivity (Wildman–Crippen MR) is 83.7 cm³/mol. The van der Waals surface area contributed by atoms with E-state index in [9.17, 15) is 9.90 Å². The Kier molecular flexibility index (Phi) is 4.77. The SMILES string of the molecule is C[N+]1(C)[C@@H]2CC(OC(=O)[C@H](CO)c3ccccc3)C[C@H]1[C@@H]1O[C@@H]12.[Br-]. The minimum Gasteiger partial charge on any atom is -1.00 e. The molecular formula is C18H24BrNO4. The second kappa shape index (κ2) is 6.41. The molecule has 0 aromatic heterocycles. The maximum absolute atomic E-state index is 12.5. The van der Waals surface area contributed by atoms with E-state index in [0.29, 0.717) is 24.3 Å². The average Bonchev–Trinajstić information content (AvgIpc) is 3.27. The first kappa shape index (κ1) is 17.9. The lowest BCUT2D eigenvalue weighted by Gasteiger charge is -2.45. The lowest BCUT2D eigenvalue weighted by atomic mass is 9.95. The zero-order valence-electron chi connectivity index (χ0n) is 14.0. The van der Waals surface area contributed by atoms with Crippen molar-refractivity contribution in [3.05, 3.63) is 35.9 Å². The Morgan fingerprint density at radius 3 is 2.38 bits per heavy atom. The van der Waals surface area contributed by atoms with Crippen molar-refractivity contribution in [3.8, 4) is 0 Å². The van der Waals surface area contributed by atoms with Crippen LogP contribution in [0.25, 0.3) is 0 Å². The summed E-state index contributed by atoms with van der Waals surface area (Å²) in [6.07, 6.45) is 2.34. The largest absolute Gasteiger partial charge is 1.00 e. The molecule has 24 heavy (non-hydrogen) atoms. The number of halogens is 1. The molecule has 3 aliphatic rings. The van der Waals surface area contributed by atoms with Crippen molar-refractivity contribution in [2.75, 3.05) is 20.7 Å². The fourth-order valence-electron chi connectivity index (χ4n) is 4.55. The molecule has 0 saturated carbocycles. The van der Waals surface area contributed by atoms with Gasteiger partial charge in [0.25, 0.3) is 0 Å². The molecule has 0 amide bonds. The molecule has 2 bridgehead atoms. The van der Waals surface area contributed by atoms with Gasteiger partial charge in [-0.2, -0.15) is 0 Å². The van der Waals surface area contributed by atoms with Crippen LogP contribution in [0, 0.1) is 0 Å². The summed E-state index contributed by atoms with van der Waals surface area (Å²) in [4.78, 5) is 12.5. The van der Waals surface area contributed by atoms with Gasteiger partial charge in [-0.15, -0.1) is 0 Å². The van der Waals surface area contributed by atoms with Crippen molar-refractivity contribution in [2.24, 2.45) is 0 Å². The van der Waals surface area contributed by atoms with Crippen molar-refractivity contribution in [2.45, 2.75) is 49.2 Å². The molecule has 1 aromatic carbocycles. The number of hydrogen-bond donors (Lipinski definition) is 1. The average molecular weight is 398 g/mol. The Morgan fingerprint density at radius 2 is 1.83 bits per heavy atom. The van der Waals surface area contributed by atoms with Gasteiger partial charge >= 0.3 is 5.97 Å². The number of carbonyl (C=O) groups is 1. The van der Waals surface area contributed by atoms with Crippen LogP contribution in [0.3, 0.4) is 0 Å². The summed E-state index contributed by atoms with van der Waals surface area (Å²) in [7, 11) is 4.51. The number of piperidine rings is 1. The van der Waals surface area contributed by atoms with Gasteiger partial charge in [0.1, 0.15) is 36.3 Å². The summed E-state index contributed by atoms with van der Waals surface area (Å²) >= 11 is 0. The van der Waals surface area contributed by atoms with Crippen molar-refractivity contribution in [1.82, 2.24) is 0 Å². The second-order valence-corrected chi connectivity index (χ2v) is 7.51. The van der Waals surface area contributed by atoms with Crippen LogP contribution >= 0.6 is 0 Å². The van der Waals surface area contributed by atoms with Crippen LogP contribution in [0.1, 0.15) is 24.3 Å². The first-order valence-corrected chi connectivity index (χ1v) is 8.37. The molecule has 132 valence electrons. The monoisotopic (exact) mass is 397 g/mol. The summed E-state index contributed by atoms with van der Waals surface area (Å²) in [6.45, 7) is -0.224. The number of likely N-dealkylation sites (N-methyl/N-ethyl adjacent to an activating group) is 1. The van der Waals surface area contributed by atoms with Crippen LogP contribution in [0.5, 0.6) is 0 Å². The van der Waals surface area contributed by atoms with Gasteiger partial charge in [0.05, 0.1) is 20.7 Å². The van der Waals surface area contributed by atoms with Crippen LogP contribution in [-0.2, 0) is 14.3 Å². The number of fused-ring (bicyclic) bond motifs is 5. The molecule has 4 rings (SSSR count). The van der Waals surface area contributed by atoms with E-state index < -0.39 is 5.92 Å². The normalized spacial score (nSPS) is 36.2. The van der Waals surface area contributed by atoms with Crippen molar-refractivity contribution in [3.63, 3.8) is 0 Å². The number of esters is 1. The summed E-state index contributed by atoms with van der Waals surface area (Å²) in [6, 6.07) is 10.2. The van der Waals surface area contributed by atoms with E-state index in [1.807, 2.05) is 30.3 Å². The highest BCUT2D eigenvalue weighted by molar-refractivity contribution is 5.78. The molecule has 3 aliphatic heterocycles. The van der Waals surface area contributed by atoms with Gasteiger partial charge in [-0.05, 0) is 5.56 Å². The minimum atomic E-state index is -0.593. The summed E-state index contributed by atoms with van der Waals surface area (Å²) in [5.41, 5.74) is 0.807. The number of benzene rings is 1. The van der Waals surface area contributed by atoms with Gasteiger partial charge in [0, 0.05) is 12.8 Å². The first-order chi connectivity index (χ1) is 11.0. The second-order valence-electron chi connectivity index (χ2n) is 7.51. The van der Waals surface area contributed by atoms with Gasteiger partial charge in [-0.1, -0.05) is 30.3 Å². The van der Waals surface area contributed by atoms with E-state index >= 15 is 0 Å². The number of ether oxygens (including phenoxy) is 2. The Labute approximate surface area is 152 Å². The predicted octanol–water partition coefficient (Wildman–Crippen LogP) is -1.93. The number of aliphatic hydroxyl groups is 1. The number of rotatable bonds is 4. The molecule has 6 atom stereocenters. The molecule has 6 heteroatoms. The minimum absolute atomic E-state index is 0. The van der Waals surface area contributed by atoms with Crippen molar-refractivity contribution < 1.29 is 40.8 Å². The third-order valence-corrected chi connectivity index (χ3v) is 5.99. The number of aliphatic hydroxyl groups excluding tert-OH is 1. The van der Waals surface area contributed by atoms with E-state index in [4.69, 9.17) is 9.47 Å². The van der Waals surface area contributed by atoms with Gasteiger partial charge < -0.3 is 36.0 Å². The molecule has 0 radical (unpaired) electrons. The van der Waals surface area contributed by atoms with Crippen molar-refractivity contribution >= 4 is 5.97 Å². The topological polar surface area (TPSA) is 59.1 Å². The fraction of sp³-hybridized carbons (Fsp3) is 0.611. The lowest BCUT2D eigenvalue weighted by molar-refractivity contribution is -0.938. The molecule has 1 aromatic rings. The van der Waals surface area contributed by atoms with Gasteiger partial charge in [-0.25, -0.2) is 0 Å². The van der Waals surface area contributed by atoms with Crippen LogP contribution in [-0.4, -0.2) is 66.7 Å². The molecule has 3 fully saturated rings. The highest BCUT2D eigenvalue weighted by Gasteiger charge is 2.70. The van der Waals surface area contributed by atoms with Gasteiger partial charge in [0.2, 0.25) is 0 Å². The lowest BCUT2D eigenvalue weighted by Crippen LogP contribution is -3.00. The first-order valence-electron chi connectivity index (χ1n) is 8.37. The van der Waals surface area contributed by atoms with Crippen molar-refractivity contribution in [1.29, 1.82) is 0 Å². The highest BCUT2D eigenvalue weighted by atomic mass is 79.9. The van der Waals surface area contributed by atoms with E-state index in [-0.39, 0.29) is 35.7 Å². The number of hydrogen-bond acceptors (Lipinski definition) is 4. The Morgan fingerprint density at radius 1 is 1.25 bits per heavy atom. The fourth-order valence-corrected chi connectivity index (χ4v) is 4.55. The smallest absolute Gasteiger partial charge is 0.316 e. The van der Waals surface area contributed by atoms with Crippen LogP contribution < -0.4 is 17.0 Å².